The number of benzene rings is 1. The summed E-state index contributed by atoms with van der Waals surface area (Å²) in [5.41, 5.74) is 3.22. The largest absolute Gasteiger partial charge is 0.377 e. The van der Waals surface area contributed by atoms with Crippen LogP contribution in [0.5, 0.6) is 0 Å². The van der Waals surface area contributed by atoms with Gasteiger partial charge < -0.3 is 4.74 Å². The lowest BCUT2D eigenvalue weighted by Gasteiger charge is -2.44. The third-order valence-corrected chi connectivity index (χ3v) is 5.17. The van der Waals surface area contributed by atoms with E-state index in [9.17, 15) is 4.39 Å². The molecule has 1 aromatic rings. The van der Waals surface area contributed by atoms with Crippen molar-refractivity contribution in [2.24, 2.45) is 11.8 Å². The van der Waals surface area contributed by atoms with Crippen LogP contribution in [0.15, 0.2) is 22.7 Å². The quantitative estimate of drug-likeness (QED) is 0.624. The van der Waals surface area contributed by atoms with Crippen LogP contribution in [0, 0.1) is 11.7 Å². The average Bonchev–Trinajstić information content (AvgIpc) is 2.46. The normalized spacial score (nSPS) is 27.6. The van der Waals surface area contributed by atoms with Crippen molar-refractivity contribution < 1.29 is 9.13 Å². The van der Waals surface area contributed by atoms with E-state index >= 15 is 0 Å². The number of nitrogens with one attached hydrogen (secondary N) is 1. The Morgan fingerprint density at radius 2 is 2.33 bits per heavy atom. The molecule has 1 aromatic carbocycles. The minimum Gasteiger partial charge on any atom is -0.377 e. The lowest BCUT2D eigenvalue weighted by atomic mass is 9.73. The van der Waals surface area contributed by atoms with Gasteiger partial charge in [-0.2, -0.15) is 0 Å². The van der Waals surface area contributed by atoms with E-state index in [-0.39, 0.29) is 17.5 Å². The second kappa shape index (κ2) is 7.18. The van der Waals surface area contributed by atoms with Gasteiger partial charge in [-0.05, 0) is 42.9 Å². The Morgan fingerprint density at radius 3 is 2.90 bits per heavy atom. The molecule has 0 aliphatic heterocycles. The Labute approximate surface area is 134 Å². The highest BCUT2D eigenvalue weighted by molar-refractivity contribution is 9.10. The fraction of sp³-hybridized carbons (Fsp3) is 0.625. The fourth-order valence-electron chi connectivity index (χ4n) is 3.49. The van der Waals surface area contributed by atoms with Gasteiger partial charge in [-0.3, -0.25) is 11.3 Å². The second-order valence-corrected chi connectivity index (χ2v) is 7.05. The maximum absolute atomic E-state index is 14.1. The van der Waals surface area contributed by atoms with Gasteiger partial charge in [-0.15, -0.1) is 0 Å². The monoisotopic (exact) mass is 358 g/mol. The van der Waals surface area contributed by atoms with Crippen molar-refractivity contribution in [1.29, 1.82) is 0 Å². The number of methoxy groups -OCH3 is 1. The van der Waals surface area contributed by atoms with Crippen LogP contribution in [0.25, 0.3) is 0 Å². The summed E-state index contributed by atoms with van der Waals surface area (Å²) in [5, 5.41) is 0. The highest BCUT2D eigenvalue weighted by Gasteiger charge is 2.42. The number of ether oxygens (including phenoxy) is 1. The molecule has 3 N–H and O–H groups in total. The van der Waals surface area contributed by atoms with Gasteiger partial charge in [0.05, 0.1) is 11.6 Å². The standard InChI is InChI=1S/C16H24BrFN2O/c1-11-4-3-7-16(10-11,21-2)15(20-19)8-12-5-6-13(17)9-14(12)18/h5-6,9,11,15,20H,3-4,7-8,10,19H2,1-2H3. The molecule has 21 heavy (non-hydrogen) atoms. The highest BCUT2D eigenvalue weighted by atomic mass is 79.9. The summed E-state index contributed by atoms with van der Waals surface area (Å²) >= 11 is 3.28. The van der Waals surface area contributed by atoms with E-state index in [0.29, 0.717) is 17.9 Å². The van der Waals surface area contributed by atoms with Gasteiger partial charge in [-0.1, -0.05) is 41.8 Å². The van der Waals surface area contributed by atoms with Crippen molar-refractivity contribution in [2.45, 2.75) is 50.7 Å². The summed E-state index contributed by atoms with van der Waals surface area (Å²) in [6.07, 6.45) is 4.78. The van der Waals surface area contributed by atoms with Gasteiger partial charge in [-0.25, -0.2) is 4.39 Å². The molecular weight excluding hydrogens is 335 g/mol. The molecule has 1 aliphatic carbocycles. The molecule has 2 rings (SSSR count). The molecule has 0 amide bonds. The molecule has 0 radical (unpaired) electrons. The van der Waals surface area contributed by atoms with Gasteiger partial charge in [0, 0.05) is 11.6 Å². The molecule has 0 saturated heterocycles. The number of hydrogen-bond donors (Lipinski definition) is 2. The van der Waals surface area contributed by atoms with Gasteiger partial charge in [0.15, 0.2) is 0 Å². The van der Waals surface area contributed by atoms with Crippen molar-refractivity contribution in [3.05, 3.63) is 34.1 Å². The Morgan fingerprint density at radius 1 is 1.57 bits per heavy atom. The molecule has 0 spiro atoms. The third kappa shape index (κ3) is 3.83. The SMILES string of the molecule is COC1(C(Cc2ccc(Br)cc2F)NN)CCCC(C)C1. The van der Waals surface area contributed by atoms with Gasteiger partial charge >= 0.3 is 0 Å². The van der Waals surface area contributed by atoms with Gasteiger partial charge in [0.1, 0.15) is 5.82 Å². The van der Waals surface area contributed by atoms with E-state index in [1.54, 1.807) is 13.2 Å². The third-order valence-electron chi connectivity index (χ3n) is 4.67. The first kappa shape index (κ1) is 16.9. The smallest absolute Gasteiger partial charge is 0.127 e. The van der Waals surface area contributed by atoms with Crippen LogP contribution in [0.4, 0.5) is 4.39 Å². The molecule has 5 heteroatoms. The highest BCUT2D eigenvalue weighted by Crippen LogP contribution is 2.38. The first-order valence-corrected chi connectivity index (χ1v) is 8.25. The number of nitrogens with two attached hydrogens (primary N) is 1. The van der Waals surface area contributed by atoms with Crippen LogP contribution in [0.3, 0.4) is 0 Å². The Kier molecular flexibility index (Phi) is 5.77. The summed E-state index contributed by atoms with van der Waals surface area (Å²) in [6, 6.07) is 5.06. The van der Waals surface area contributed by atoms with E-state index in [4.69, 9.17) is 10.6 Å². The van der Waals surface area contributed by atoms with Crippen LogP contribution in [-0.4, -0.2) is 18.8 Å². The van der Waals surface area contributed by atoms with E-state index in [1.807, 2.05) is 6.07 Å². The minimum absolute atomic E-state index is 0.0964. The van der Waals surface area contributed by atoms with E-state index < -0.39 is 0 Å². The molecule has 3 unspecified atom stereocenters. The molecule has 0 heterocycles. The number of hydrogen-bond acceptors (Lipinski definition) is 3. The molecule has 3 atom stereocenters. The summed E-state index contributed by atoms with van der Waals surface area (Å²) in [7, 11) is 1.74. The molecular formula is C16H24BrFN2O. The predicted molar refractivity (Wildman–Crippen MR) is 86.3 cm³/mol. The van der Waals surface area contributed by atoms with E-state index in [0.717, 1.165) is 23.7 Å². The van der Waals surface area contributed by atoms with Crippen molar-refractivity contribution in [2.75, 3.05) is 7.11 Å². The Balaban J connectivity index is 2.21. The Bertz CT molecular complexity index is 485. The molecule has 1 aliphatic rings. The molecule has 1 saturated carbocycles. The van der Waals surface area contributed by atoms with Crippen molar-refractivity contribution in [3.63, 3.8) is 0 Å². The first-order valence-electron chi connectivity index (χ1n) is 7.46. The lowest BCUT2D eigenvalue weighted by molar-refractivity contribution is -0.0792. The maximum Gasteiger partial charge on any atom is 0.127 e. The van der Waals surface area contributed by atoms with Crippen molar-refractivity contribution >= 4 is 15.9 Å². The predicted octanol–water partition coefficient (Wildman–Crippen LogP) is 3.56. The fourth-order valence-corrected chi connectivity index (χ4v) is 3.82. The zero-order valence-electron chi connectivity index (χ0n) is 12.7. The molecule has 0 aromatic heterocycles. The number of halogens is 2. The summed E-state index contributed by atoms with van der Waals surface area (Å²) in [6.45, 7) is 2.24. The maximum atomic E-state index is 14.1. The van der Waals surface area contributed by atoms with Crippen LogP contribution in [0.2, 0.25) is 0 Å². The minimum atomic E-state index is -0.314. The van der Waals surface area contributed by atoms with E-state index in [2.05, 4.69) is 28.3 Å². The lowest BCUT2D eigenvalue weighted by Crippen LogP contribution is -2.57. The summed E-state index contributed by atoms with van der Waals surface area (Å²) < 4.78 is 20.7. The summed E-state index contributed by atoms with van der Waals surface area (Å²) in [5.74, 6) is 6.17. The van der Waals surface area contributed by atoms with Gasteiger partial charge in [0.25, 0.3) is 0 Å². The second-order valence-electron chi connectivity index (χ2n) is 6.13. The topological polar surface area (TPSA) is 47.3 Å². The van der Waals surface area contributed by atoms with Crippen LogP contribution >= 0.6 is 15.9 Å². The molecule has 118 valence electrons. The average molecular weight is 359 g/mol. The first-order chi connectivity index (χ1) is 10.0. The molecule has 1 fully saturated rings. The Hall–Kier alpha value is -0.490. The van der Waals surface area contributed by atoms with Crippen molar-refractivity contribution in [3.8, 4) is 0 Å². The van der Waals surface area contributed by atoms with Gasteiger partial charge in [0.2, 0.25) is 0 Å². The molecule has 0 bridgehead atoms. The zero-order chi connectivity index (χ0) is 15.5. The number of rotatable bonds is 5. The van der Waals surface area contributed by atoms with Crippen LogP contribution < -0.4 is 11.3 Å². The number of hydrazine groups is 1. The van der Waals surface area contributed by atoms with Crippen LogP contribution in [-0.2, 0) is 11.2 Å². The zero-order valence-corrected chi connectivity index (χ0v) is 14.2. The van der Waals surface area contributed by atoms with Crippen LogP contribution in [0.1, 0.15) is 38.2 Å². The van der Waals surface area contributed by atoms with Crippen molar-refractivity contribution in [1.82, 2.24) is 5.43 Å². The van der Waals surface area contributed by atoms with E-state index in [1.165, 1.54) is 12.5 Å². The summed E-state index contributed by atoms with van der Waals surface area (Å²) in [4.78, 5) is 0. The molecule has 3 nitrogen and oxygen atoms in total.